The zero-order valence-electron chi connectivity index (χ0n) is 18.1. The smallest absolute Gasteiger partial charge is 0.253 e. The number of rotatable bonds is 8. The van der Waals surface area contributed by atoms with E-state index in [1.54, 1.807) is 7.11 Å². The van der Waals surface area contributed by atoms with Crippen molar-refractivity contribution in [1.82, 2.24) is 20.1 Å². The molecule has 0 unspecified atom stereocenters. The fraction of sp³-hybridized carbons (Fsp3) is 0.545. The Labute approximate surface area is 183 Å². The summed E-state index contributed by atoms with van der Waals surface area (Å²) in [5.74, 6) is 1.25. The molecule has 1 aliphatic rings. The summed E-state index contributed by atoms with van der Waals surface area (Å²) in [7, 11) is 1.64. The average Bonchev–Trinajstić information content (AvgIpc) is 2.75. The minimum Gasteiger partial charge on any atom is -0.497 e. The van der Waals surface area contributed by atoms with Gasteiger partial charge in [0.15, 0.2) is 5.11 Å². The quantitative estimate of drug-likeness (QED) is 0.620. The molecule has 1 aromatic heterocycles. The Bertz CT molecular complexity index is 909. The van der Waals surface area contributed by atoms with Gasteiger partial charge in [-0.3, -0.25) is 9.69 Å². The SMILES string of the molecule is COc1ccc2[nH]c(=O)c(CN(CCN3CCOCC3)C(=S)NCC(C)C)cc2c1. The minimum atomic E-state index is -0.0873. The van der Waals surface area contributed by atoms with E-state index in [1.807, 2.05) is 24.3 Å². The zero-order valence-corrected chi connectivity index (χ0v) is 18.9. The lowest BCUT2D eigenvalue weighted by molar-refractivity contribution is 0.0357. The lowest BCUT2D eigenvalue weighted by Crippen LogP contribution is -2.46. The van der Waals surface area contributed by atoms with Crippen molar-refractivity contribution >= 4 is 28.2 Å². The standard InChI is InChI=1S/C22H32N4O3S/c1-16(2)14-23-22(30)26(7-6-25-8-10-29-11-9-25)15-18-12-17-13-19(28-3)4-5-20(17)24-21(18)27/h4-5,12-13,16H,6-11,14-15H2,1-3H3,(H,23,30)(H,24,27). The highest BCUT2D eigenvalue weighted by atomic mass is 32.1. The largest absolute Gasteiger partial charge is 0.497 e. The van der Waals surface area contributed by atoms with Crippen molar-refractivity contribution < 1.29 is 9.47 Å². The van der Waals surface area contributed by atoms with Gasteiger partial charge in [-0.15, -0.1) is 0 Å². The third-order valence-electron chi connectivity index (χ3n) is 5.23. The Hall–Kier alpha value is -2.16. The number of methoxy groups -OCH3 is 1. The highest BCUT2D eigenvalue weighted by Gasteiger charge is 2.17. The van der Waals surface area contributed by atoms with Crippen molar-refractivity contribution in [3.63, 3.8) is 0 Å². The number of nitrogens with one attached hydrogen (secondary N) is 2. The number of benzene rings is 1. The van der Waals surface area contributed by atoms with E-state index in [1.165, 1.54) is 0 Å². The number of hydrogen-bond donors (Lipinski definition) is 2. The second kappa shape index (κ2) is 10.7. The number of aromatic nitrogens is 1. The van der Waals surface area contributed by atoms with E-state index in [9.17, 15) is 4.79 Å². The van der Waals surface area contributed by atoms with Gasteiger partial charge in [0, 0.05) is 49.2 Å². The predicted molar refractivity (Wildman–Crippen MR) is 124 cm³/mol. The lowest BCUT2D eigenvalue weighted by atomic mass is 10.1. The minimum absolute atomic E-state index is 0.0873. The van der Waals surface area contributed by atoms with Crippen molar-refractivity contribution in [3.05, 3.63) is 40.2 Å². The number of hydrogen-bond acceptors (Lipinski definition) is 5. The summed E-state index contributed by atoms with van der Waals surface area (Å²) in [6, 6.07) is 7.58. The van der Waals surface area contributed by atoms with Gasteiger partial charge in [-0.25, -0.2) is 0 Å². The van der Waals surface area contributed by atoms with Gasteiger partial charge >= 0.3 is 0 Å². The number of morpholine rings is 1. The predicted octanol–water partition coefficient (Wildman–Crippen LogP) is 2.20. The normalized spacial score (nSPS) is 14.8. The van der Waals surface area contributed by atoms with E-state index in [4.69, 9.17) is 21.7 Å². The van der Waals surface area contributed by atoms with E-state index >= 15 is 0 Å². The molecule has 1 aromatic carbocycles. The van der Waals surface area contributed by atoms with Gasteiger partial charge in [0.25, 0.3) is 5.56 Å². The zero-order chi connectivity index (χ0) is 21.5. The molecule has 2 heterocycles. The Balaban J connectivity index is 1.78. The summed E-state index contributed by atoms with van der Waals surface area (Å²) >= 11 is 5.68. The Kier molecular flexibility index (Phi) is 8.07. The maximum atomic E-state index is 12.7. The van der Waals surface area contributed by atoms with Crippen molar-refractivity contribution in [1.29, 1.82) is 0 Å². The first-order valence-electron chi connectivity index (χ1n) is 10.5. The molecule has 0 aliphatic carbocycles. The molecule has 30 heavy (non-hydrogen) atoms. The molecule has 0 bridgehead atoms. The molecule has 1 fully saturated rings. The molecule has 164 valence electrons. The van der Waals surface area contributed by atoms with Crippen LogP contribution in [-0.2, 0) is 11.3 Å². The first kappa shape index (κ1) is 22.5. The molecule has 3 rings (SSSR count). The first-order chi connectivity index (χ1) is 14.5. The van der Waals surface area contributed by atoms with Gasteiger partial charge < -0.3 is 24.7 Å². The van der Waals surface area contributed by atoms with Crippen molar-refractivity contribution in [2.24, 2.45) is 5.92 Å². The van der Waals surface area contributed by atoms with E-state index < -0.39 is 0 Å². The lowest BCUT2D eigenvalue weighted by Gasteiger charge is -2.31. The molecule has 0 spiro atoms. The van der Waals surface area contributed by atoms with Crippen LogP contribution in [0.5, 0.6) is 5.75 Å². The van der Waals surface area contributed by atoms with Gasteiger partial charge in [-0.05, 0) is 42.4 Å². The van der Waals surface area contributed by atoms with Crippen LogP contribution in [0.1, 0.15) is 19.4 Å². The van der Waals surface area contributed by atoms with Crippen LogP contribution >= 0.6 is 12.2 Å². The van der Waals surface area contributed by atoms with Crippen LogP contribution in [0.15, 0.2) is 29.1 Å². The van der Waals surface area contributed by atoms with Gasteiger partial charge in [0.2, 0.25) is 0 Å². The Morgan fingerprint density at radius 2 is 2.10 bits per heavy atom. The molecule has 2 N–H and O–H groups in total. The monoisotopic (exact) mass is 432 g/mol. The Morgan fingerprint density at radius 1 is 1.33 bits per heavy atom. The summed E-state index contributed by atoms with van der Waals surface area (Å²) in [5, 5.41) is 4.97. The molecule has 8 heteroatoms. The van der Waals surface area contributed by atoms with E-state index in [0.29, 0.717) is 23.1 Å². The molecular formula is C22H32N4O3S. The van der Waals surface area contributed by atoms with Crippen LogP contribution in [0.3, 0.4) is 0 Å². The summed E-state index contributed by atoms with van der Waals surface area (Å²) in [5.41, 5.74) is 1.40. The van der Waals surface area contributed by atoms with Crippen LogP contribution in [0.25, 0.3) is 10.9 Å². The summed E-state index contributed by atoms with van der Waals surface area (Å²) < 4.78 is 10.8. The molecule has 0 amide bonds. The number of fused-ring (bicyclic) bond motifs is 1. The number of nitrogens with zero attached hydrogens (tertiary/aromatic N) is 2. The second-order valence-electron chi connectivity index (χ2n) is 8.03. The second-order valence-corrected chi connectivity index (χ2v) is 8.42. The van der Waals surface area contributed by atoms with Crippen molar-refractivity contribution in [2.75, 3.05) is 53.0 Å². The fourth-order valence-corrected chi connectivity index (χ4v) is 3.66. The van der Waals surface area contributed by atoms with Crippen LogP contribution in [0.4, 0.5) is 0 Å². The van der Waals surface area contributed by atoms with Crippen molar-refractivity contribution in [3.8, 4) is 5.75 Å². The van der Waals surface area contributed by atoms with Gasteiger partial charge in [-0.1, -0.05) is 13.8 Å². The Morgan fingerprint density at radius 3 is 2.80 bits per heavy atom. The maximum absolute atomic E-state index is 12.7. The number of thiocarbonyl (C=S) groups is 1. The number of H-pyrrole nitrogens is 1. The molecule has 1 saturated heterocycles. The maximum Gasteiger partial charge on any atom is 0.253 e. The molecule has 0 atom stereocenters. The molecule has 2 aromatic rings. The molecular weight excluding hydrogens is 400 g/mol. The molecule has 7 nitrogen and oxygen atoms in total. The fourth-order valence-electron chi connectivity index (χ4n) is 3.42. The average molecular weight is 433 g/mol. The topological polar surface area (TPSA) is 69.8 Å². The third kappa shape index (κ3) is 6.17. The summed E-state index contributed by atoms with van der Waals surface area (Å²) in [4.78, 5) is 20.2. The third-order valence-corrected chi connectivity index (χ3v) is 5.63. The molecule has 0 saturated carbocycles. The van der Waals surface area contributed by atoms with Crippen LogP contribution in [0.2, 0.25) is 0 Å². The molecule has 0 radical (unpaired) electrons. The molecule has 1 aliphatic heterocycles. The van der Waals surface area contributed by atoms with E-state index in [0.717, 1.165) is 62.6 Å². The summed E-state index contributed by atoms with van der Waals surface area (Å²) in [6.45, 7) is 10.6. The first-order valence-corrected chi connectivity index (χ1v) is 10.9. The highest BCUT2D eigenvalue weighted by molar-refractivity contribution is 7.80. The van der Waals surface area contributed by atoms with E-state index in [-0.39, 0.29) is 5.56 Å². The highest BCUT2D eigenvalue weighted by Crippen LogP contribution is 2.19. The van der Waals surface area contributed by atoms with Gasteiger partial charge in [0.05, 0.1) is 26.9 Å². The number of aromatic amines is 1. The number of pyridine rings is 1. The number of ether oxygens (including phenoxy) is 2. The van der Waals surface area contributed by atoms with Gasteiger partial charge in [0.1, 0.15) is 5.75 Å². The van der Waals surface area contributed by atoms with Crippen LogP contribution in [-0.4, -0.2) is 72.9 Å². The summed E-state index contributed by atoms with van der Waals surface area (Å²) in [6.07, 6.45) is 0. The van der Waals surface area contributed by atoms with Crippen molar-refractivity contribution in [2.45, 2.75) is 20.4 Å². The van der Waals surface area contributed by atoms with Crippen LogP contribution < -0.4 is 15.6 Å². The van der Waals surface area contributed by atoms with Crippen LogP contribution in [0, 0.1) is 5.92 Å². The van der Waals surface area contributed by atoms with Gasteiger partial charge in [-0.2, -0.15) is 0 Å². The van der Waals surface area contributed by atoms with E-state index in [2.05, 4.69) is 33.9 Å².